The summed E-state index contributed by atoms with van der Waals surface area (Å²) in [5.74, 6) is 1.03. The minimum Gasteiger partial charge on any atom is -0.497 e. The summed E-state index contributed by atoms with van der Waals surface area (Å²) in [7, 11) is 3.82. The van der Waals surface area contributed by atoms with Crippen LogP contribution in [0.5, 0.6) is 5.75 Å². The van der Waals surface area contributed by atoms with Crippen LogP contribution >= 0.6 is 0 Å². The topological polar surface area (TPSA) is 41.6 Å². The lowest BCUT2D eigenvalue weighted by molar-refractivity contribution is -0.121. The van der Waals surface area contributed by atoms with Crippen LogP contribution < -0.4 is 10.1 Å². The zero-order valence-corrected chi connectivity index (χ0v) is 16.7. The van der Waals surface area contributed by atoms with Crippen LogP contribution in [0.25, 0.3) is 0 Å². The number of methoxy groups -OCH3 is 1. The lowest BCUT2D eigenvalue weighted by Crippen LogP contribution is -2.41. The fourth-order valence-electron chi connectivity index (χ4n) is 4.04. The Kier molecular flexibility index (Phi) is 7.04. The van der Waals surface area contributed by atoms with Crippen LogP contribution in [0.1, 0.15) is 36.4 Å². The normalized spacial score (nSPS) is 20.0. The van der Waals surface area contributed by atoms with E-state index >= 15 is 0 Å². The second kappa shape index (κ2) is 9.69. The smallest absolute Gasteiger partial charge is 0.220 e. The molecule has 1 heterocycles. The lowest BCUT2D eigenvalue weighted by Gasteiger charge is -2.39. The number of rotatable bonds is 7. The molecule has 2 aromatic carbocycles. The minimum atomic E-state index is -0.251. The van der Waals surface area contributed by atoms with E-state index in [0.29, 0.717) is 25.3 Å². The Balaban J connectivity index is 1.55. The molecule has 2 unspecified atom stereocenters. The lowest BCUT2D eigenvalue weighted by atomic mass is 9.85. The molecule has 4 nitrogen and oxygen atoms in total. The summed E-state index contributed by atoms with van der Waals surface area (Å²) >= 11 is 0. The van der Waals surface area contributed by atoms with Gasteiger partial charge in [0.25, 0.3) is 0 Å². The third-order valence-electron chi connectivity index (χ3n) is 5.58. The van der Waals surface area contributed by atoms with Gasteiger partial charge in [-0.1, -0.05) is 24.3 Å². The second-order valence-corrected chi connectivity index (χ2v) is 7.53. The Morgan fingerprint density at radius 1 is 1.18 bits per heavy atom. The highest BCUT2D eigenvalue weighted by atomic mass is 19.1. The Hall–Kier alpha value is -2.40. The molecule has 1 saturated heterocycles. The van der Waals surface area contributed by atoms with E-state index in [9.17, 15) is 9.18 Å². The first-order valence-electron chi connectivity index (χ1n) is 9.92. The molecule has 0 aromatic heterocycles. The van der Waals surface area contributed by atoms with Crippen molar-refractivity contribution in [3.05, 3.63) is 65.5 Å². The maximum Gasteiger partial charge on any atom is 0.220 e. The van der Waals surface area contributed by atoms with Gasteiger partial charge in [-0.15, -0.1) is 0 Å². The van der Waals surface area contributed by atoms with Crippen LogP contribution in [-0.4, -0.2) is 38.1 Å². The number of piperidine rings is 1. The summed E-state index contributed by atoms with van der Waals surface area (Å²) in [5.41, 5.74) is 2.23. The van der Waals surface area contributed by atoms with Crippen molar-refractivity contribution in [2.24, 2.45) is 5.92 Å². The first-order valence-corrected chi connectivity index (χ1v) is 9.92. The van der Waals surface area contributed by atoms with E-state index in [1.165, 1.54) is 17.7 Å². The number of halogens is 1. The van der Waals surface area contributed by atoms with Gasteiger partial charge in [-0.3, -0.25) is 9.69 Å². The predicted molar refractivity (Wildman–Crippen MR) is 109 cm³/mol. The zero-order chi connectivity index (χ0) is 19.9. The Morgan fingerprint density at radius 2 is 1.89 bits per heavy atom. The van der Waals surface area contributed by atoms with Crippen molar-refractivity contribution in [3.8, 4) is 5.75 Å². The van der Waals surface area contributed by atoms with Crippen molar-refractivity contribution >= 4 is 5.91 Å². The fourth-order valence-corrected chi connectivity index (χ4v) is 4.04. The molecule has 0 saturated carbocycles. The number of amides is 1. The number of ether oxygens (including phenoxy) is 1. The number of aryl methyl sites for hydroxylation is 1. The molecule has 5 heteroatoms. The molecule has 1 aliphatic rings. The highest BCUT2D eigenvalue weighted by Gasteiger charge is 2.30. The van der Waals surface area contributed by atoms with Crippen LogP contribution in [0, 0.1) is 11.7 Å². The molecular formula is C23H29FN2O2. The molecule has 150 valence electrons. The van der Waals surface area contributed by atoms with Crippen LogP contribution in [0.15, 0.2) is 48.5 Å². The van der Waals surface area contributed by atoms with Crippen molar-refractivity contribution < 1.29 is 13.9 Å². The highest BCUT2D eigenvalue weighted by molar-refractivity contribution is 5.76. The molecule has 0 aliphatic carbocycles. The first kappa shape index (κ1) is 20.3. The van der Waals surface area contributed by atoms with Crippen molar-refractivity contribution in [3.63, 3.8) is 0 Å². The van der Waals surface area contributed by atoms with E-state index in [2.05, 4.69) is 29.4 Å². The molecule has 0 radical (unpaired) electrons. The molecule has 2 atom stereocenters. The molecule has 1 amide bonds. The fraction of sp³-hybridized carbons (Fsp3) is 0.435. The van der Waals surface area contributed by atoms with Gasteiger partial charge in [-0.2, -0.15) is 0 Å². The van der Waals surface area contributed by atoms with Gasteiger partial charge in [0.2, 0.25) is 5.91 Å². The van der Waals surface area contributed by atoms with E-state index < -0.39 is 0 Å². The summed E-state index contributed by atoms with van der Waals surface area (Å²) < 4.78 is 18.2. The van der Waals surface area contributed by atoms with Crippen molar-refractivity contribution in [1.82, 2.24) is 10.2 Å². The maximum absolute atomic E-state index is 13.0. The van der Waals surface area contributed by atoms with Gasteiger partial charge in [0, 0.05) is 19.0 Å². The summed E-state index contributed by atoms with van der Waals surface area (Å²) in [5, 5.41) is 3.11. The van der Waals surface area contributed by atoms with Gasteiger partial charge in [0.05, 0.1) is 7.11 Å². The molecular weight excluding hydrogens is 355 g/mol. The summed E-state index contributed by atoms with van der Waals surface area (Å²) in [4.78, 5) is 14.7. The number of nitrogens with one attached hydrogen (secondary N) is 1. The average molecular weight is 384 g/mol. The Labute approximate surface area is 166 Å². The van der Waals surface area contributed by atoms with Crippen LogP contribution in [0.2, 0.25) is 0 Å². The number of hydrogen-bond donors (Lipinski definition) is 1. The molecule has 0 bridgehead atoms. The number of hydrogen-bond acceptors (Lipinski definition) is 3. The molecule has 28 heavy (non-hydrogen) atoms. The van der Waals surface area contributed by atoms with E-state index in [-0.39, 0.29) is 17.8 Å². The standard InChI is InChI=1S/C23H29FN2O2/c1-26-15-3-4-19(23(26)18-8-12-21(28-2)13-9-18)16-25-22(27)14-7-17-5-10-20(24)11-6-17/h5-6,8-13,19,23H,3-4,7,14-16H2,1-2H3,(H,25,27). The number of carbonyl (C=O) groups excluding carboxylic acids is 1. The first-order chi connectivity index (χ1) is 13.6. The Morgan fingerprint density at radius 3 is 2.57 bits per heavy atom. The third kappa shape index (κ3) is 5.32. The third-order valence-corrected chi connectivity index (χ3v) is 5.58. The van der Waals surface area contributed by atoms with E-state index in [1.54, 1.807) is 19.2 Å². The molecule has 0 spiro atoms. The van der Waals surface area contributed by atoms with Gasteiger partial charge in [-0.05, 0) is 74.2 Å². The Bertz CT molecular complexity index is 761. The summed E-state index contributed by atoms with van der Waals surface area (Å²) in [6.45, 7) is 1.73. The second-order valence-electron chi connectivity index (χ2n) is 7.53. The van der Waals surface area contributed by atoms with Crippen molar-refractivity contribution in [2.75, 3.05) is 27.2 Å². The van der Waals surface area contributed by atoms with Crippen LogP contribution in [0.3, 0.4) is 0 Å². The molecule has 3 rings (SSSR count). The largest absolute Gasteiger partial charge is 0.497 e. The van der Waals surface area contributed by atoms with E-state index in [0.717, 1.165) is 30.7 Å². The van der Waals surface area contributed by atoms with Gasteiger partial charge in [0.1, 0.15) is 11.6 Å². The van der Waals surface area contributed by atoms with Crippen LogP contribution in [0.4, 0.5) is 4.39 Å². The zero-order valence-electron chi connectivity index (χ0n) is 16.7. The predicted octanol–water partition coefficient (Wildman–Crippen LogP) is 3.97. The van der Waals surface area contributed by atoms with Gasteiger partial charge in [0.15, 0.2) is 0 Å². The maximum atomic E-state index is 13.0. The van der Waals surface area contributed by atoms with Gasteiger partial charge >= 0.3 is 0 Å². The molecule has 2 aromatic rings. The SMILES string of the molecule is COc1ccc(C2C(CNC(=O)CCc3ccc(F)cc3)CCCN2C)cc1. The number of nitrogens with zero attached hydrogens (tertiary/aromatic N) is 1. The molecule has 1 aliphatic heterocycles. The highest BCUT2D eigenvalue weighted by Crippen LogP contribution is 2.35. The monoisotopic (exact) mass is 384 g/mol. The molecule has 1 fully saturated rings. The van der Waals surface area contributed by atoms with Crippen LogP contribution in [-0.2, 0) is 11.2 Å². The van der Waals surface area contributed by atoms with Crippen molar-refractivity contribution in [2.45, 2.75) is 31.7 Å². The minimum absolute atomic E-state index is 0.0473. The molecule has 1 N–H and O–H groups in total. The summed E-state index contributed by atoms with van der Waals surface area (Å²) in [6.07, 6.45) is 3.28. The quantitative estimate of drug-likeness (QED) is 0.785. The number of likely N-dealkylation sites (tertiary alicyclic amines) is 1. The number of benzene rings is 2. The van der Waals surface area contributed by atoms with Crippen molar-refractivity contribution in [1.29, 1.82) is 0 Å². The van der Waals surface area contributed by atoms with E-state index in [4.69, 9.17) is 4.74 Å². The van der Waals surface area contributed by atoms with Gasteiger partial charge in [-0.25, -0.2) is 4.39 Å². The summed E-state index contributed by atoms with van der Waals surface area (Å²) in [6, 6.07) is 14.9. The van der Waals surface area contributed by atoms with E-state index in [1.807, 2.05) is 12.1 Å². The number of carbonyl (C=O) groups is 1. The van der Waals surface area contributed by atoms with Gasteiger partial charge < -0.3 is 10.1 Å². The average Bonchev–Trinajstić information content (AvgIpc) is 2.72.